The quantitative estimate of drug-likeness (QED) is 0.761. The van der Waals surface area contributed by atoms with Crippen molar-refractivity contribution in [2.24, 2.45) is 0 Å². The second kappa shape index (κ2) is 8.55. The van der Waals surface area contributed by atoms with E-state index in [-0.39, 0.29) is 18.9 Å². The molecule has 4 rings (SSSR count). The SMILES string of the molecule is CCc1ccc(NC(=O)N(Cc2ccc3c(c2)OCO3)C2CCCCC2)cc1. The number of urea groups is 1. The van der Waals surface area contributed by atoms with E-state index in [9.17, 15) is 4.79 Å². The van der Waals surface area contributed by atoms with Gasteiger partial charge in [0.25, 0.3) is 0 Å². The first-order valence-electron chi connectivity index (χ1n) is 10.3. The molecule has 0 atom stereocenters. The molecule has 5 nitrogen and oxygen atoms in total. The minimum atomic E-state index is -0.0335. The predicted molar refractivity (Wildman–Crippen MR) is 110 cm³/mol. The molecule has 1 heterocycles. The normalized spacial score (nSPS) is 16.0. The smallest absolute Gasteiger partial charge is 0.322 e. The molecule has 1 N–H and O–H groups in total. The van der Waals surface area contributed by atoms with Crippen molar-refractivity contribution in [1.82, 2.24) is 4.90 Å². The van der Waals surface area contributed by atoms with Crippen molar-refractivity contribution < 1.29 is 14.3 Å². The lowest BCUT2D eigenvalue weighted by molar-refractivity contribution is 0.162. The molecule has 2 aromatic rings. The molecule has 1 saturated carbocycles. The first-order chi connectivity index (χ1) is 13.7. The van der Waals surface area contributed by atoms with Gasteiger partial charge in [0, 0.05) is 18.3 Å². The van der Waals surface area contributed by atoms with E-state index in [0.29, 0.717) is 6.54 Å². The van der Waals surface area contributed by atoms with Crippen LogP contribution in [0.25, 0.3) is 0 Å². The van der Waals surface area contributed by atoms with Crippen LogP contribution in [0.3, 0.4) is 0 Å². The van der Waals surface area contributed by atoms with E-state index in [1.807, 2.05) is 35.2 Å². The van der Waals surface area contributed by atoms with Crippen LogP contribution >= 0.6 is 0 Å². The summed E-state index contributed by atoms with van der Waals surface area (Å²) in [6.45, 7) is 2.96. The molecule has 0 spiro atoms. The largest absolute Gasteiger partial charge is 0.454 e. The number of nitrogens with zero attached hydrogens (tertiary/aromatic N) is 1. The van der Waals surface area contributed by atoms with Gasteiger partial charge < -0.3 is 19.7 Å². The van der Waals surface area contributed by atoms with Gasteiger partial charge in [-0.2, -0.15) is 0 Å². The second-order valence-corrected chi connectivity index (χ2v) is 7.59. The van der Waals surface area contributed by atoms with Crippen molar-refractivity contribution in [2.75, 3.05) is 12.1 Å². The highest BCUT2D eigenvalue weighted by Gasteiger charge is 2.26. The Hall–Kier alpha value is -2.69. The monoisotopic (exact) mass is 380 g/mol. The molecule has 1 aliphatic heterocycles. The van der Waals surface area contributed by atoms with E-state index in [1.165, 1.54) is 24.8 Å². The maximum absolute atomic E-state index is 13.2. The average Bonchev–Trinajstić information content (AvgIpc) is 3.21. The van der Waals surface area contributed by atoms with Crippen molar-refractivity contribution in [3.05, 3.63) is 53.6 Å². The Labute approximate surface area is 166 Å². The first kappa shape index (κ1) is 18.7. The molecule has 28 heavy (non-hydrogen) atoms. The Kier molecular flexibility index (Phi) is 5.70. The summed E-state index contributed by atoms with van der Waals surface area (Å²) in [6.07, 6.45) is 6.74. The fraction of sp³-hybridized carbons (Fsp3) is 0.435. The summed E-state index contributed by atoms with van der Waals surface area (Å²) in [4.78, 5) is 15.2. The number of hydrogen-bond donors (Lipinski definition) is 1. The number of nitrogens with one attached hydrogen (secondary N) is 1. The molecule has 0 aromatic heterocycles. The number of carbonyl (C=O) groups excluding carboxylic acids is 1. The summed E-state index contributed by atoms with van der Waals surface area (Å²) in [6, 6.07) is 14.3. The highest BCUT2D eigenvalue weighted by molar-refractivity contribution is 5.89. The zero-order valence-electron chi connectivity index (χ0n) is 16.4. The van der Waals surface area contributed by atoms with Crippen molar-refractivity contribution in [3.63, 3.8) is 0 Å². The Morgan fingerprint density at radius 1 is 1.00 bits per heavy atom. The molecule has 2 amide bonds. The van der Waals surface area contributed by atoms with Crippen LogP contribution in [0.4, 0.5) is 10.5 Å². The van der Waals surface area contributed by atoms with Gasteiger partial charge >= 0.3 is 6.03 Å². The number of aryl methyl sites for hydroxylation is 1. The zero-order valence-corrected chi connectivity index (χ0v) is 16.4. The zero-order chi connectivity index (χ0) is 19.3. The summed E-state index contributed by atoms with van der Waals surface area (Å²) < 4.78 is 10.9. The molecule has 0 radical (unpaired) electrons. The summed E-state index contributed by atoms with van der Waals surface area (Å²) in [5.41, 5.74) is 3.17. The molecule has 1 fully saturated rings. The highest BCUT2D eigenvalue weighted by Crippen LogP contribution is 2.33. The number of rotatable bonds is 5. The molecule has 2 aliphatic rings. The van der Waals surface area contributed by atoms with Gasteiger partial charge in [0.15, 0.2) is 11.5 Å². The number of hydrogen-bond acceptors (Lipinski definition) is 3. The Morgan fingerprint density at radius 3 is 2.46 bits per heavy atom. The molecule has 148 valence electrons. The van der Waals surface area contributed by atoms with Gasteiger partial charge in [0.1, 0.15) is 0 Å². The number of carbonyl (C=O) groups is 1. The molecule has 0 saturated heterocycles. The van der Waals surface area contributed by atoms with E-state index >= 15 is 0 Å². The highest BCUT2D eigenvalue weighted by atomic mass is 16.7. The van der Waals surface area contributed by atoms with Crippen LogP contribution in [0.1, 0.15) is 50.2 Å². The Balaban J connectivity index is 1.51. The molecule has 2 aromatic carbocycles. The topological polar surface area (TPSA) is 50.8 Å². The molecule has 0 unspecified atom stereocenters. The molecule has 5 heteroatoms. The molecular formula is C23H28N2O3. The Morgan fingerprint density at radius 2 is 1.71 bits per heavy atom. The summed E-state index contributed by atoms with van der Waals surface area (Å²) in [5, 5.41) is 3.09. The van der Waals surface area contributed by atoms with E-state index in [2.05, 4.69) is 24.4 Å². The van der Waals surface area contributed by atoms with Crippen molar-refractivity contribution in [1.29, 1.82) is 0 Å². The third kappa shape index (κ3) is 4.24. The van der Waals surface area contributed by atoms with E-state index in [4.69, 9.17) is 9.47 Å². The van der Waals surface area contributed by atoms with Crippen LogP contribution in [0.15, 0.2) is 42.5 Å². The lowest BCUT2D eigenvalue weighted by Gasteiger charge is -2.34. The van der Waals surface area contributed by atoms with Gasteiger partial charge in [-0.3, -0.25) is 0 Å². The third-order valence-electron chi connectivity index (χ3n) is 5.68. The number of benzene rings is 2. The minimum absolute atomic E-state index is 0.0335. The second-order valence-electron chi connectivity index (χ2n) is 7.59. The third-order valence-corrected chi connectivity index (χ3v) is 5.68. The van der Waals surface area contributed by atoms with Crippen LogP contribution in [-0.4, -0.2) is 23.8 Å². The van der Waals surface area contributed by atoms with Gasteiger partial charge in [0.2, 0.25) is 6.79 Å². The van der Waals surface area contributed by atoms with Crippen molar-refractivity contribution in [3.8, 4) is 11.5 Å². The van der Waals surface area contributed by atoms with Gasteiger partial charge in [-0.1, -0.05) is 44.4 Å². The van der Waals surface area contributed by atoms with Crippen LogP contribution in [0.5, 0.6) is 11.5 Å². The number of anilines is 1. The van der Waals surface area contributed by atoms with Crippen LogP contribution in [0, 0.1) is 0 Å². The average molecular weight is 380 g/mol. The van der Waals surface area contributed by atoms with Crippen LogP contribution < -0.4 is 14.8 Å². The van der Waals surface area contributed by atoms with E-state index < -0.39 is 0 Å². The van der Waals surface area contributed by atoms with Gasteiger partial charge in [-0.05, 0) is 54.7 Å². The molecular weight excluding hydrogens is 352 g/mol. The summed E-state index contributed by atoms with van der Waals surface area (Å²) >= 11 is 0. The molecule has 1 aliphatic carbocycles. The maximum atomic E-state index is 13.2. The summed E-state index contributed by atoms with van der Waals surface area (Å²) in [5.74, 6) is 1.53. The minimum Gasteiger partial charge on any atom is -0.454 e. The number of ether oxygens (including phenoxy) is 2. The number of amides is 2. The predicted octanol–water partition coefficient (Wildman–Crippen LogP) is 5.34. The van der Waals surface area contributed by atoms with E-state index in [1.54, 1.807) is 0 Å². The molecule has 0 bridgehead atoms. The Bertz CT molecular complexity index is 813. The van der Waals surface area contributed by atoms with Gasteiger partial charge in [-0.25, -0.2) is 4.79 Å². The van der Waals surface area contributed by atoms with Crippen molar-refractivity contribution in [2.45, 2.75) is 58.0 Å². The van der Waals surface area contributed by atoms with Crippen LogP contribution in [0.2, 0.25) is 0 Å². The van der Waals surface area contributed by atoms with Gasteiger partial charge in [-0.15, -0.1) is 0 Å². The van der Waals surface area contributed by atoms with E-state index in [0.717, 1.165) is 42.0 Å². The fourth-order valence-corrected chi connectivity index (χ4v) is 4.01. The lowest BCUT2D eigenvalue weighted by Crippen LogP contribution is -2.43. The first-order valence-corrected chi connectivity index (χ1v) is 10.3. The lowest BCUT2D eigenvalue weighted by atomic mass is 9.94. The maximum Gasteiger partial charge on any atom is 0.322 e. The summed E-state index contributed by atoms with van der Waals surface area (Å²) in [7, 11) is 0. The standard InChI is InChI=1S/C23H28N2O3/c1-2-17-8-11-19(12-9-17)24-23(26)25(20-6-4-3-5-7-20)15-18-10-13-21-22(14-18)28-16-27-21/h8-14,20H,2-7,15-16H2,1H3,(H,24,26). The van der Waals surface area contributed by atoms with Crippen LogP contribution in [-0.2, 0) is 13.0 Å². The number of fused-ring (bicyclic) bond motifs is 1. The van der Waals surface area contributed by atoms with Gasteiger partial charge in [0.05, 0.1) is 0 Å². The fourth-order valence-electron chi connectivity index (χ4n) is 4.01. The van der Waals surface area contributed by atoms with Crippen molar-refractivity contribution >= 4 is 11.7 Å².